The molecule has 0 saturated heterocycles. The van der Waals surface area contributed by atoms with Crippen LogP contribution in [0.2, 0.25) is 0 Å². The van der Waals surface area contributed by atoms with E-state index in [9.17, 15) is 14.4 Å². The predicted octanol–water partition coefficient (Wildman–Crippen LogP) is 2.81. The van der Waals surface area contributed by atoms with E-state index in [1.807, 2.05) is 62.4 Å². The Hall–Kier alpha value is -3.35. The quantitative estimate of drug-likeness (QED) is 0.509. The molecule has 31 heavy (non-hydrogen) atoms. The molecule has 0 aliphatic rings. The van der Waals surface area contributed by atoms with Gasteiger partial charge in [0.25, 0.3) is 5.91 Å². The van der Waals surface area contributed by atoms with Crippen LogP contribution < -0.4 is 11.0 Å². The number of aromatic nitrogens is 2. The van der Waals surface area contributed by atoms with Gasteiger partial charge in [-0.25, -0.2) is 4.79 Å². The Morgan fingerprint density at radius 1 is 0.968 bits per heavy atom. The minimum absolute atomic E-state index is 0.0243. The summed E-state index contributed by atoms with van der Waals surface area (Å²) in [6, 6.07) is 15.5. The lowest BCUT2D eigenvalue weighted by atomic mass is 10.1. The second-order valence-electron chi connectivity index (χ2n) is 7.51. The van der Waals surface area contributed by atoms with Crippen LogP contribution in [0.15, 0.2) is 53.3 Å². The van der Waals surface area contributed by atoms with E-state index in [1.165, 1.54) is 11.1 Å². The lowest BCUT2D eigenvalue weighted by Gasteiger charge is -2.08. The van der Waals surface area contributed by atoms with Crippen LogP contribution >= 0.6 is 0 Å². The van der Waals surface area contributed by atoms with E-state index in [-0.39, 0.29) is 31.2 Å². The highest BCUT2D eigenvalue weighted by Gasteiger charge is 2.14. The molecule has 0 aliphatic carbocycles. The molecule has 3 aromatic rings. The Morgan fingerprint density at radius 2 is 1.61 bits per heavy atom. The number of benzene rings is 2. The van der Waals surface area contributed by atoms with E-state index < -0.39 is 5.97 Å². The summed E-state index contributed by atoms with van der Waals surface area (Å²) in [5, 5.41) is 2.76. The van der Waals surface area contributed by atoms with Crippen molar-refractivity contribution in [3.8, 4) is 0 Å². The van der Waals surface area contributed by atoms with Gasteiger partial charge in [-0.3, -0.25) is 18.7 Å². The van der Waals surface area contributed by atoms with E-state index >= 15 is 0 Å². The number of nitrogens with one attached hydrogen (secondary N) is 1. The first-order chi connectivity index (χ1) is 15.0. The van der Waals surface area contributed by atoms with Crippen molar-refractivity contribution < 1.29 is 14.3 Å². The number of ether oxygens (including phenoxy) is 1. The number of fused-ring (bicyclic) bond motifs is 1. The van der Waals surface area contributed by atoms with E-state index in [0.717, 1.165) is 23.9 Å². The minimum atomic E-state index is -0.506. The predicted molar refractivity (Wildman–Crippen MR) is 120 cm³/mol. The van der Waals surface area contributed by atoms with Crippen LogP contribution in [0.1, 0.15) is 30.9 Å². The fourth-order valence-electron chi connectivity index (χ4n) is 3.63. The van der Waals surface area contributed by atoms with Gasteiger partial charge in [0.2, 0.25) is 0 Å². The maximum Gasteiger partial charge on any atom is 0.329 e. The van der Waals surface area contributed by atoms with Crippen LogP contribution in [0, 0.1) is 6.92 Å². The number of hydrogen-bond acceptors (Lipinski definition) is 4. The summed E-state index contributed by atoms with van der Waals surface area (Å²) in [4.78, 5) is 36.8. The maximum absolute atomic E-state index is 12.7. The number of esters is 1. The number of aryl methyl sites for hydroxylation is 3. The van der Waals surface area contributed by atoms with Gasteiger partial charge < -0.3 is 10.1 Å². The zero-order valence-electron chi connectivity index (χ0n) is 18.1. The normalized spacial score (nSPS) is 10.9. The van der Waals surface area contributed by atoms with Crippen molar-refractivity contribution in [2.75, 3.05) is 13.2 Å². The summed E-state index contributed by atoms with van der Waals surface area (Å²) in [6.45, 7) is 5.04. The van der Waals surface area contributed by atoms with Gasteiger partial charge in [0, 0.05) is 19.6 Å². The average Bonchev–Trinajstić information content (AvgIpc) is 3.03. The Labute approximate surface area is 181 Å². The number of carbonyl (C=O) groups excluding carboxylic acids is 2. The zero-order chi connectivity index (χ0) is 22.2. The third kappa shape index (κ3) is 5.63. The second-order valence-corrected chi connectivity index (χ2v) is 7.51. The molecule has 1 amide bonds. The molecule has 0 atom stereocenters. The van der Waals surface area contributed by atoms with Crippen molar-refractivity contribution in [3.05, 3.63) is 70.1 Å². The molecule has 0 radical (unpaired) electrons. The number of amides is 1. The van der Waals surface area contributed by atoms with Crippen molar-refractivity contribution >= 4 is 22.9 Å². The largest absolute Gasteiger partial charge is 0.456 e. The average molecular weight is 424 g/mol. The molecule has 164 valence electrons. The summed E-state index contributed by atoms with van der Waals surface area (Å²) in [5.41, 5.74) is 3.87. The van der Waals surface area contributed by atoms with Crippen LogP contribution in [-0.2, 0) is 33.8 Å². The van der Waals surface area contributed by atoms with Crippen LogP contribution in [0.4, 0.5) is 0 Å². The van der Waals surface area contributed by atoms with Gasteiger partial charge in [0.1, 0.15) is 0 Å². The highest BCUT2D eigenvalue weighted by atomic mass is 16.5. The first-order valence-electron chi connectivity index (χ1n) is 10.7. The summed E-state index contributed by atoms with van der Waals surface area (Å²) in [5.74, 6) is -0.841. The fourth-order valence-corrected chi connectivity index (χ4v) is 3.63. The number of imidazole rings is 1. The summed E-state index contributed by atoms with van der Waals surface area (Å²) < 4.78 is 8.40. The third-order valence-corrected chi connectivity index (χ3v) is 5.25. The Kier molecular flexibility index (Phi) is 7.65. The number of para-hydroxylation sites is 2. The lowest BCUT2D eigenvalue weighted by Crippen LogP contribution is -2.31. The first-order valence-corrected chi connectivity index (χ1v) is 10.7. The maximum atomic E-state index is 12.7. The van der Waals surface area contributed by atoms with E-state index in [2.05, 4.69) is 5.32 Å². The topological polar surface area (TPSA) is 82.3 Å². The van der Waals surface area contributed by atoms with Crippen molar-refractivity contribution in [2.45, 2.75) is 46.2 Å². The van der Waals surface area contributed by atoms with E-state index in [1.54, 1.807) is 9.13 Å². The molecule has 0 spiro atoms. The second kappa shape index (κ2) is 10.6. The highest BCUT2D eigenvalue weighted by molar-refractivity contribution is 5.80. The molecule has 1 heterocycles. The van der Waals surface area contributed by atoms with Crippen molar-refractivity contribution in [3.63, 3.8) is 0 Å². The van der Waals surface area contributed by atoms with Gasteiger partial charge in [0.15, 0.2) is 6.61 Å². The van der Waals surface area contributed by atoms with Gasteiger partial charge in [0.05, 0.1) is 17.5 Å². The summed E-state index contributed by atoms with van der Waals surface area (Å²) in [7, 11) is 0. The molecule has 1 aromatic heterocycles. The van der Waals surface area contributed by atoms with Crippen molar-refractivity contribution in [2.24, 2.45) is 0 Å². The Morgan fingerprint density at radius 3 is 2.29 bits per heavy atom. The summed E-state index contributed by atoms with van der Waals surface area (Å²) in [6.07, 6.45) is 1.59. The molecule has 0 bridgehead atoms. The third-order valence-electron chi connectivity index (χ3n) is 5.25. The SMILES string of the molecule is CCCn1c(=O)n(CCC(=O)OCC(=O)NCCc2ccccc2C)c2ccccc21. The van der Waals surface area contributed by atoms with E-state index in [0.29, 0.717) is 13.1 Å². The number of carbonyl (C=O) groups is 2. The van der Waals surface area contributed by atoms with Gasteiger partial charge in [-0.2, -0.15) is 0 Å². The van der Waals surface area contributed by atoms with Crippen molar-refractivity contribution in [1.82, 2.24) is 14.5 Å². The first kappa shape index (κ1) is 22.3. The number of rotatable bonds is 10. The molecule has 3 rings (SSSR count). The molecular weight excluding hydrogens is 394 g/mol. The molecule has 1 N–H and O–H groups in total. The Balaban J connectivity index is 1.47. The molecule has 0 saturated carbocycles. The standard InChI is InChI=1S/C24H29N3O4/c1-3-15-26-20-10-6-7-11-21(20)27(24(26)30)16-13-23(29)31-17-22(28)25-14-12-19-9-5-4-8-18(19)2/h4-11H,3,12-17H2,1-2H3,(H,25,28). The van der Waals surface area contributed by atoms with Gasteiger partial charge in [-0.05, 0) is 43.0 Å². The molecular formula is C24H29N3O4. The van der Waals surface area contributed by atoms with Crippen LogP contribution in [-0.4, -0.2) is 34.2 Å². The number of hydrogen-bond donors (Lipinski definition) is 1. The van der Waals surface area contributed by atoms with Gasteiger partial charge in [-0.15, -0.1) is 0 Å². The molecule has 7 heteroatoms. The molecule has 7 nitrogen and oxygen atoms in total. The minimum Gasteiger partial charge on any atom is -0.456 e. The zero-order valence-corrected chi connectivity index (χ0v) is 18.1. The van der Waals surface area contributed by atoms with E-state index in [4.69, 9.17) is 4.74 Å². The monoisotopic (exact) mass is 423 g/mol. The molecule has 0 aliphatic heterocycles. The van der Waals surface area contributed by atoms with Crippen molar-refractivity contribution in [1.29, 1.82) is 0 Å². The Bertz CT molecular complexity index is 1110. The molecule has 0 unspecified atom stereocenters. The molecule has 0 fully saturated rings. The van der Waals surface area contributed by atoms with Crippen LogP contribution in [0.25, 0.3) is 11.0 Å². The fraction of sp³-hybridized carbons (Fsp3) is 0.375. The highest BCUT2D eigenvalue weighted by Crippen LogP contribution is 2.13. The number of nitrogens with zero attached hydrogens (tertiary/aromatic N) is 2. The smallest absolute Gasteiger partial charge is 0.329 e. The molecule has 2 aromatic carbocycles. The van der Waals surface area contributed by atoms with Gasteiger partial charge in [-0.1, -0.05) is 43.3 Å². The van der Waals surface area contributed by atoms with Gasteiger partial charge >= 0.3 is 11.7 Å². The summed E-state index contributed by atoms with van der Waals surface area (Å²) >= 11 is 0. The van der Waals surface area contributed by atoms with Crippen LogP contribution in [0.5, 0.6) is 0 Å². The lowest BCUT2D eigenvalue weighted by molar-refractivity contribution is -0.148. The van der Waals surface area contributed by atoms with Crippen LogP contribution in [0.3, 0.4) is 0 Å².